The van der Waals surface area contributed by atoms with Crippen molar-refractivity contribution in [1.82, 2.24) is 10.2 Å². The number of benzene rings is 2. The first-order valence-corrected chi connectivity index (χ1v) is 9.15. The van der Waals surface area contributed by atoms with Gasteiger partial charge in [0.15, 0.2) is 6.61 Å². The number of carbonyl (C=O) groups is 1. The van der Waals surface area contributed by atoms with Crippen LogP contribution in [0.3, 0.4) is 0 Å². The van der Waals surface area contributed by atoms with Gasteiger partial charge in [0.25, 0.3) is 11.1 Å². The highest BCUT2D eigenvalue weighted by molar-refractivity contribution is 7.99. The number of para-hydroxylation sites is 1. The number of nitrogens with zero attached hydrogens (tertiary/aromatic N) is 2. The van der Waals surface area contributed by atoms with Crippen LogP contribution in [0.5, 0.6) is 5.75 Å². The van der Waals surface area contributed by atoms with Crippen LogP contribution in [0.15, 0.2) is 58.2 Å². The maximum atomic E-state index is 12.0. The molecule has 0 saturated heterocycles. The maximum Gasteiger partial charge on any atom is 0.277 e. The van der Waals surface area contributed by atoms with Crippen LogP contribution in [-0.4, -0.2) is 21.9 Å². The molecule has 0 unspecified atom stereocenters. The van der Waals surface area contributed by atoms with E-state index >= 15 is 0 Å². The third kappa shape index (κ3) is 5.24. The lowest BCUT2D eigenvalue weighted by molar-refractivity contribution is -0.113. The second-order valence-corrected chi connectivity index (χ2v) is 6.71. The van der Waals surface area contributed by atoms with Crippen LogP contribution in [0.25, 0.3) is 0 Å². The summed E-state index contributed by atoms with van der Waals surface area (Å²) in [6.07, 6.45) is 0. The summed E-state index contributed by atoms with van der Waals surface area (Å²) in [6.45, 7) is 2.18. The summed E-state index contributed by atoms with van der Waals surface area (Å²) in [5.41, 5.74) is 1.72. The first-order valence-electron chi connectivity index (χ1n) is 7.79. The van der Waals surface area contributed by atoms with Crippen molar-refractivity contribution in [3.63, 3.8) is 0 Å². The molecule has 0 bridgehead atoms. The standard InChI is InChI=1S/C18H16ClN3O3S/c1-12-6-8-13(9-7-12)24-10-17-21-22-18(25-17)26-11-16(23)20-15-5-3-2-4-14(15)19/h2-9H,10-11H2,1H3,(H,20,23). The summed E-state index contributed by atoms with van der Waals surface area (Å²) >= 11 is 7.15. The van der Waals surface area contributed by atoms with Gasteiger partial charge in [-0.05, 0) is 31.2 Å². The molecular weight excluding hydrogens is 374 g/mol. The van der Waals surface area contributed by atoms with Crippen molar-refractivity contribution in [3.05, 3.63) is 65.0 Å². The highest BCUT2D eigenvalue weighted by Gasteiger charge is 2.11. The van der Waals surface area contributed by atoms with E-state index in [1.54, 1.807) is 24.3 Å². The minimum Gasteiger partial charge on any atom is -0.484 e. The Hall–Kier alpha value is -2.51. The van der Waals surface area contributed by atoms with Gasteiger partial charge in [-0.3, -0.25) is 4.79 Å². The van der Waals surface area contributed by atoms with Gasteiger partial charge in [-0.2, -0.15) is 0 Å². The van der Waals surface area contributed by atoms with Crippen molar-refractivity contribution in [2.45, 2.75) is 18.8 Å². The molecule has 134 valence electrons. The molecule has 1 N–H and O–H groups in total. The summed E-state index contributed by atoms with van der Waals surface area (Å²) in [6, 6.07) is 14.7. The van der Waals surface area contributed by atoms with E-state index in [0.717, 1.165) is 23.1 Å². The molecule has 0 radical (unpaired) electrons. The molecular formula is C18H16ClN3O3S. The van der Waals surface area contributed by atoms with Crippen molar-refractivity contribution in [2.24, 2.45) is 0 Å². The summed E-state index contributed by atoms with van der Waals surface area (Å²) in [4.78, 5) is 12.0. The van der Waals surface area contributed by atoms with Gasteiger partial charge in [0.2, 0.25) is 5.91 Å². The quantitative estimate of drug-likeness (QED) is 0.605. The van der Waals surface area contributed by atoms with E-state index in [-0.39, 0.29) is 18.3 Å². The van der Waals surface area contributed by atoms with E-state index in [9.17, 15) is 4.79 Å². The van der Waals surface area contributed by atoms with Gasteiger partial charge in [-0.25, -0.2) is 0 Å². The lowest BCUT2D eigenvalue weighted by atomic mass is 10.2. The fraction of sp³-hybridized carbons (Fsp3) is 0.167. The van der Waals surface area contributed by atoms with E-state index in [1.807, 2.05) is 31.2 Å². The second-order valence-electron chi connectivity index (χ2n) is 5.38. The average Bonchev–Trinajstić information content (AvgIpc) is 3.09. The topological polar surface area (TPSA) is 77.2 Å². The number of hydrogen-bond donors (Lipinski definition) is 1. The van der Waals surface area contributed by atoms with E-state index in [2.05, 4.69) is 15.5 Å². The molecule has 26 heavy (non-hydrogen) atoms. The van der Waals surface area contributed by atoms with E-state index < -0.39 is 0 Å². The van der Waals surface area contributed by atoms with Crippen LogP contribution in [0.1, 0.15) is 11.5 Å². The van der Waals surface area contributed by atoms with Crippen molar-refractivity contribution < 1.29 is 13.9 Å². The number of hydrogen-bond acceptors (Lipinski definition) is 6. The Bertz CT molecular complexity index is 883. The Labute approximate surface area is 159 Å². The number of amides is 1. The van der Waals surface area contributed by atoms with Crippen molar-refractivity contribution in [2.75, 3.05) is 11.1 Å². The summed E-state index contributed by atoms with van der Waals surface area (Å²) in [5.74, 6) is 0.992. The zero-order valence-electron chi connectivity index (χ0n) is 13.9. The van der Waals surface area contributed by atoms with Gasteiger partial charge in [0.05, 0.1) is 16.5 Å². The van der Waals surface area contributed by atoms with Gasteiger partial charge >= 0.3 is 0 Å². The van der Waals surface area contributed by atoms with Crippen LogP contribution in [0.2, 0.25) is 5.02 Å². The predicted octanol–water partition coefficient (Wildman–Crippen LogP) is 4.34. The van der Waals surface area contributed by atoms with Crippen LogP contribution in [0, 0.1) is 6.92 Å². The zero-order valence-corrected chi connectivity index (χ0v) is 15.5. The van der Waals surface area contributed by atoms with E-state index in [0.29, 0.717) is 21.8 Å². The SMILES string of the molecule is Cc1ccc(OCc2nnc(SCC(=O)Nc3ccccc3Cl)o2)cc1. The molecule has 6 nitrogen and oxygen atoms in total. The van der Waals surface area contributed by atoms with Gasteiger partial charge in [-0.15, -0.1) is 10.2 Å². The van der Waals surface area contributed by atoms with Crippen LogP contribution in [-0.2, 0) is 11.4 Å². The minimum atomic E-state index is -0.209. The number of carbonyl (C=O) groups excluding carboxylic acids is 1. The molecule has 0 saturated carbocycles. The zero-order chi connectivity index (χ0) is 18.4. The molecule has 1 heterocycles. The molecule has 2 aromatic carbocycles. The fourth-order valence-corrected chi connectivity index (χ4v) is 2.77. The molecule has 3 aromatic rings. The summed E-state index contributed by atoms with van der Waals surface area (Å²) in [5, 5.41) is 11.3. The lowest BCUT2D eigenvalue weighted by Crippen LogP contribution is -2.14. The van der Waals surface area contributed by atoms with E-state index in [1.165, 1.54) is 0 Å². The molecule has 1 amide bonds. The smallest absolute Gasteiger partial charge is 0.277 e. The van der Waals surface area contributed by atoms with Gasteiger partial charge in [-0.1, -0.05) is 53.2 Å². The molecule has 3 rings (SSSR count). The molecule has 1 aromatic heterocycles. The molecule has 0 aliphatic carbocycles. The van der Waals surface area contributed by atoms with E-state index in [4.69, 9.17) is 20.8 Å². The number of ether oxygens (including phenoxy) is 1. The average molecular weight is 390 g/mol. The fourth-order valence-electron chi connectivity index (χ4n) is 2.01. The molecule has 0 aliphatic rings. The Morgan fingerprint density at radius 3 is 2.73 bits per heavy atom. The summed E-state index contributed by atoms with van der Waals surface area (Å²) in [7, 11) is 0. The van der Waals surface area contributed by atoms with Crippen molar-refractivity contribution in [3.8, 4) is 5.75 Å². The highest BCUT2D eigenvalue weighted by Crippen LogP contribution is 2.22. The first-order chi connectivity index (χ1) is 12.6. The minimum absolute atomic E-state index is 0.131. The molecule has 0 aliphatic heterocycles. The van der Waals surface area contributed by atoms with Crippen molar-refractivity contribution >= 4 is 35.0 Å². The number of anilines is 1. The number of thioether (sulfide) groups is 1. The number of aryl methyl sites for hydroxylation is 1. The number of rotatable bonds is 7. The Balaban J connectivity index is 1.46. The van der Waals surface area contributed by atoms with Crippen molar-refractivity contribution in [1.29, 1.82) is 0 Å². The third-order valence-corrected chi connectivity index (χ3v) is 4.45. The first kappa shape index (κ1) is 18.3. The van der Waals surface area contributed by atoms with Gasteiger partial charge < -0.3 is 14.5 Å². The number of nitrogens with one attached hydrogen (secondary N) is 1. The summed E-state index contributed by atoms with van der Waals surface area (Å²) < 4.78 is 11.0. The number of aromatic nitrogens is 2. The number of halogens is 1. The van der Waals surface area contributed by atoms with Crippen LogP contribution in [0.4, 0.5) is 5.69 Å². The monoisotopic (exact) mass is 389 g/mol. The van der Waals surface area contributed by atoms with Gasteiger partial charge in [0.1, 0.15) is 5.75 Å². The Morgan fingerprint density at radius 2 is 1.96 bits per heavy atom. The highest BCUT2D eigenvalue weighted by atomic mass is 35.5. The Kier molecular flexibility index (Phi) is 6.14. The Morgan fingerprint density at radius 1 is 1.19 bits per heavy atom. The molecule has 0 atom stereocenters. The molecule has 0 fully saturated rings. The van der Waals surface area contributed by atoms with Crippen LogP contribution < -0.4 is 10.1 Å². The van der Waals surface area contributed by atoms with Crippen LogP contribution >= 0.6 is 23.4 Å². The molecule has 0 spiro atoms. The largest absolute Gasteiger partial charge is 0.484 e. The maximum absolute atomic E-state index is 12.0. The predicted molar refractivity (Wildman–Crippen MR) is 101 cm³/mol. The normalized spacial score (nSPS) is 10.5. The lowest BCUT2D eigenvalue weighted by Gasteiger charge is -2.05. The molecule has 8 heteroatoms. The van der Waals surface area contributed by atoms with Gasteiger partial charge in [0, 0.05) is 0 Å². The third-order valence-electron chi connectivity index (χ3n) is 3.31. The second kappa shape index (κ2) is 8.73.